The predicted octanol–water partition coefficient (Wildman–Crippen LogP) is 0.390. The summed E-state index contributed by atoms with van der Waals surface area (Å²) in [7, 11) is 3.62. The van der Waals surface area contributed by atoms with Gasteiger partial charge in [-0.3, -0.25) is 4.68 Å². The molecule has 19 heavy (non-hydrogen) atoms. The van der Waals surface area contributed by atoms with Crippen LogP contribution in [-0.2, 0) is 22.9 Å². The summed E-state index contributed by atoms with van der Waals surface area (Å²) in [5.41, 5.74) is 1.18. The first-order valence-corrected chi connectivity index (χ1v) is 6.87. The molecular formula is C13H24N4O2. The second-order valence-electron chi connectivity index (χ2n) is 5.39. The molecule has 2 rings (SSSR count). The largest absolute Gasteiger partial charge is 0.383 e. The highest BCUT2D eigenvalue weighted by Gasteiger charge is 2.33. The number of nitrogens with zero attached hydrogens (tertiary/aromatic N) is 3. The lowest BCUT2D eigenvalue weighted by Gasteiger charge is -2.36. The number of methoxy groups -OCH3 is 1. The monoisotopic (exact) mass is 268 g/mol. The second-order valence-corrected chi connectivity index (χ2v) is 5.39. The maximum absolute atomic E-state index is 5.70. The summed E-state index contributed by atoms with van der Waals surface area (Å²) >= 11 is 0. The standard InChI is InChI=1S/C13H24N4O2/c1-17-9-12(15-16-17)8-13(4-3-6-19-11-13)10-14-5-7-18-2/h9,14H,3-8,10-11H2,1-2H3. The molecule has 0 radical (unpaired) electrons. The summed E-state index contributed by atoms with van der Waals surface area (Å²) in [5, 5.41) is 11.7. The Morgan fingerprint density at radius 3 is 3.11 bits per heavy atom. The number of aryl methyl sites for hydroxylation is 1. The minimum atomic E-state index is 0.141. The van der Waals surface area contributed by atoms with E-state index in [9.17, 15) is 0 Å². The van der Waals surface area contributed by atoms with Crippen LogP contribution in [0.2, 0.25) is 0 Å². The van der Waals surface area contributed by atoms with Crippen molar-refractivity contribution in [1.29, 1.82) is 0 Å². The zero-order valence-corrected chi connectivity index (χ0v) is 11.9. The number of hydrogen-bond acceptors (Lipinski definition) is 5. The lowest BCUT2D eigenvalue weighted by Crippen LogP contribution is -2.43. The van der Waals surface area contributed by atoms with Gasteiger partial charge in [-0.25, -0.2) is 0 Å². The minimum Gasteiger partial charge on any atom is -0.383 e. The SMILES string of the molecule is COCCNCC1(Cc2cn(C)nn2)CCCOC1. The Bertz CT molecular complexity index is 374. The molecule has 1 aromatic heterocycles. The lowest BCUT2D eigenvalue weighted by atomic mass is 9.78. The first-order valence-electron chi connectivity index (χ1n) is 6.87. The van der Waals surface area contributed by atoms with Crippen LogP contribution < -0.4 is 5.32 Å². The van der Waals surface area contributed by atoms with E-state index >= 15 is 0 Å². The molecule has 6 nitrogen and oxygen atoms in total. The average molecular weight is 268 g/mol. The topological polar surface area (TPSA) is 61.2 Å². The maximum atomic E-state index is 5.70. The highest BCUT2D eigenvalue weighted by atomic mass is 16.5. The summed E-state index contributed by atoms with van der Waals surface area (Å²) in [6.45, 7) is 4.22. The zero-order chi connectivity index (χ0) is 13.6. The Morgan fingerprint density at radius 2 is 2.47 bits per heavy atom. The number of rotatable bonds is 7. The molecule has 0 amide bonds. The molecule has 0 aliphatic carbocycles. The number of aromatic nitrogens is 3. The highest BCUT2D eigenvalue weighted by Crippen LogP contribution is 2.31. The van der Waals surface area contributed by atoms with Gasteiger partial charge in [-0.15, -0.1) is 5.10 Å². The Morgan fingerprint density at radius 1 is 1.58 bits per heavy atom. The van der Waals surface area contributed by atoms with E-state index in [1.54, 1.807) is 11.8 Å². The maximum Gasteiger partial charge on any atom is 0.0833 e. The average Bonchev–Trinajstić information content (AvgIpc) is 2.81. The zero-order valence-electron chi connectivity index (χ0n) is 11.9. The van der Waals surface area contributed by atoms with Gasteiger partial charge in [0, 0.05) is 51.9 Å². The summed E-state index contributed by atoms with van der Waals surface area (Å²) < 4.78 is 12.5. The second kappa shape index (κ2) is 6.98. The molecule has 1 atom stereocenters. The fourth-order valence-electron chi connectivity index (χ4n) is 2.64. The van der Waals surface area contributed by atoms with Gasteiger partial charge in [0.1, 0.15) is 0 Å². The summed E-state index contributed by atoms with van der Waals surface area (Å²) in [5.74, 6) is 0. The third-order valence-corrected chi connectivity index (χ3v) is 3.59. The van der Waals surface area contributed by atoms with Crippen molar-refractivity contribution in [2.75, 3.05) is 40.0 Å². The number of hydrogen-bond donors (Lipinski definition) is 1. The molecule has 1 saturated heterocycles. The smallest absolute Gasteiger partial charge is 0.0833 e. The van der Waals surface area contributed by atoms with Crippen LogP contribution in [0.5, 0.6) is 0 Å². The van der Waals surface area contributed by atoms with E-state index in [4.69, 9.17) is 9.47 Å². The lowest BCUT2D eigenvalue weighted by molar-refractivity contribution is -0.00819. The van der Waals surface area contributed by atoms with Gasteiger partial charge in [0.15, 0.2) is 0 Å². The van der Waals surface area contributed by atoms with Gasteiger partial charge in [-0.1, -0.05) is 5.21 Å². The molecule has 2 heterocycles. The van der Waals surface area contributed by atoms with Crippen molar-refractivity contribution in [3.8, 4) is 0 Å². The third-order valence-electron chi connectivity index (χ3n) is 3.59. The van der Waals surface area contributed by atoms with Crippen LogP contribution in [0.15, 0.2) is 6.20 Å². The molecule has 1 aliphatic rings. The van der Waals surface area contributed by atoms with E-state index in [0.717, 1.165) is 51.4 Å². The number of nitrogens with one attached hydrogen (secondary N) is 1. The van der Waals surface area contributed by atoms with Gasteiger partial charge in [0.05, 0.1) is 18.9 Å². The van der Waals surface area contributed by atoms with E-state index in [-0.39, 0.29) is 5.41 Å². The molecule has 1 N–H and O–H groups in total. The Hall–Kier alpha value is -0.980. The van der Waals surface area contributed by atoms with Crippen LogP contribution in [0.1, 0.15) is 18.5 Å². The van der Waals surface area contributed by atoms with Crippen LogP contribution in [0, 0.1) is 5.41 Å². The van der Waals surface area contributed by atoms with Crippen molar-refractivity contribution in [3.05, 3.63) is 11.9 Å². The van der Waals surface area contributed by atoms with E-state index in [2.05, 4.69) is 15.6 Å². The summed E-state index contributed by atoms with van der Waals surface area (Å²) in [6.07, 6.45) is 5.20. The first kappa shape index (κ1) is 14.4. The van der Waals surface area contributed by atoms with E-state index in [0.29, 0.717) is 0 Å². The van der Waals surface area contributed by atoms with Gasteiger partial charge < -0.3 is 14.8 Å². The molecule has 0 spiro atoms. The molecule has 1 fully saturated rings. The van der Waals surface area contributed by atoms with Crippen molar-refractivity contribution in [2.24, 2.45) is 12.5 Å². The van der Waals surface area contributed by atoms with Gasteiger partial charge in [-0.2, -0.15) is 0 Å². The normalized spacial score (nSPS) is 23.7. The summed E-state index contributed by atoms with van der Waals surface area (Å²) in [4.78, 5) is 0. The van der Waals surface area contributed by atoms with Crippen molar-refractivity contribution in [2.45, 2.75) is 19.3 Å². The molecule has 0 saturated carbocycles. The van der Waals surface area contributed by atoms with Crippen LogP contribution >= 0.6 is 0 Å². The fourth-order valence-corrected chi connectivity index (χ4v) is 2.64. The highest BCUT2D eigenvalue weighted by molar-refractivity contribution is 5.00. The predicted molar refractivity (Wildman–Crippen MR) is 71.9 cm³/mol. The van der Waals surface area contributed by atoms with Crippen LogP contribution in [0.4, 0.5) is 0 Å². The molecule has 1 unspecified atom stereocenters. The first-order chi connectivity index (χ1) is 9.24. The molecular weight excluding hydrogens is 244 g/mol. The molecule has 108 valence electrons. The van der Waals surface area contributed by atoms with Gasteiger partial charge in [-0.05, 0) is 12.8 Å². The van der Waals surface area contributed by atoms with Gasteiger partial charge >= 0.3 is 0 Å². The van der Waals surface area contributed by atoms with Crippen molar-refractivity contribution in [1.82, 2.24) is 20.3 Å². The van der Waals surface area contributed by atoms with Crippen LogP contribution in [0.3, 0.4) is 0 Å². The van der Waals surface area contributed by atoms with E-state index in [1.807, 2.05) is 13.2 Å². The van der Waals surface area contributed by atoms with E-state index < -0.39 is 0 Å². The van der Waals surface area contributed by atoms with Crippen LogP contribution in [-0.4, -0.2) is 55.0 Å². The Balaban J connectivity index is 1.93. The van der Waals surface area contributed by atoms with Crippen molar-refractivity contribution >= 4 is 0 Å². The van der Waals surface area contributed by atoms with Crippen molar-refractivity contribution in [3.63, 3.8) is 0 Å². The van der Waals surface area contributed by atoms with Crippen molar-refractivity contribution < 1.29 is 9.47 Å². The molecule has 0 aromatic carbocycles. The van der Waals surface area contributed by atoms with Gasteiger partial charge in [0.2, 0.25) is 0 Å². The Labute approximate surface area is 114 Å². The fraction of sp³-hybridized carbons (Fsp3) is 0.846. The minimum absolute atomic E-state index is 0.141. The third kappa shape index (κ3) is 4.26. The van der Waals surface area contributed by atoms with Gasteiger partial charge in [0.25, 0.3) is 0 Å². The summed E-state index contributed by atoms with van der Waals surface area (Å²) in [6, 6.07) is 0. The molecule has 1 aromatic rings. The number of ether oxygens (including phenoxy) is 2. The molecule has 1 aliphatic heterocycles. The Kier molecular flexibility index (Phi) is 5.30. The molecule has 6 heteroatoms. The quantitative estimate of drug-likeness (QED) is 0.725. The van der Waals surface area contributed by atoms with Crippen LogP contribution in [0.25, 0.3) is 0 Å². The van der Waals surface area contributed by atoms with E-state index in [1.165, 1.54) is 6.42 Å². The molecule has 0 bridgehead atoms.